The second kappa shape index (κ2) is 5.72. The molecule has 0 radical (unpaired) electrons. The standard InChI is InChI=1S/C15H19N3S/c1-16-9-6-14(15-5-3-11-19-15)18-10-7-12-13(18)4-2-8-17-12/h2-5,8,11,14,16H,6-7,9-10H2,1H3. The van der Waals surface area contributed by atoms with Gasteiger partial charge in [0, 0.05) is 24.0 Å². The number of nitrogens with one attached hydrogen (secondary N) is 1. The molecule has 0 bridgehead atoms. The molecule has 0 aliphatic carbocycles. The highest BCUT2D eigenvalue weighted by molar-refractivity contribution is 7.10. The fourth-order valence-electron chi connectivity index (χ4n) is 2.77. The van der Waals surface area contributed by atoms with Crippen molar-refractivity contribution in [1.29, 1.82) is 0 Å². The minimum Gasteiger partial charge on any atom is -0.362 e. The van der Waals surface area contributed by atoms with Crippen LogP contribution in [-0.2, 0) is 6.42 Å². The number of anilines is 1. The molecule has 2 aromatic rings. The van der Waals surface area contributed by atoms with Crippen LogP contribution in [0.15, 0.2) is 35.8 Å². The van der Waals surface area contributed by atoms with Crippen molar-refractivity contribution in [3.8, 4) is 0 Å². The SMILES string of the molecule is CNCCC(c1cccs1)N1CCc2ncccc21. The maximum Gasteiger partial charge on any atom is 0.0654 e. The summed E-state index contributed by atoms with van der Waals surface area (Å²) in [6, 6.07) is 9.11. The molecule has 3 rings (SSSR count). The van der Waals surface area contributed by atoms with Crippen LogP contribution in [0.1, 0.15) is 23.0 Å². The second-order valence-electron chi connectivity index (χ2n) is 4.84. The second-order valence-corrected chi connectivity index (χ2v) is 5.82. The average molecular weight is 273 g/mol. The fourth-order valence-corrected chi connectivity index (χ4v) is 3.64. The van der Waals surface area contributed by atoms with E-state index in [0.717, 1.165) is 25.9 Å². The summed E-state index contributed by atoms with van der Waals surface area (Å²) in [7, 11) is 2.02. The lowest BCUT2D eigenvalue weighted by Crippen LogP contribution is -2.28. The molecule has 4 heteroatoms. The Morgan fingerprint density at radius 1 is 1.42 bits per heavy atom. The summed E-state index contributed by atoms with van der Waals surface area (Å²) in [6.45, 7) is 2.12. The molecule has 19 heavy (non-hydrogen) atoms. The lowest BCUT2D eigenvalue weighted by atomic mass is 10.1. The Hall–Kier alpha value is -1.39. The summed E-state index contributed by atoms with van der Waals surface area (Å²) in [4.78, 5) is 8.47. The van der Waals surface area contributed by atoms with E-state index in [4.69, 9.17) is 0 Å². The smallest absolute Gasteiger partial charge is 0.0654 e. The van der Waals surface area contributed by atoms with Crippen molar-refractivity contribution in [3.05, 3.63) is 46.4 Å². The Morgan fingerprint density at radius 3 is 3.16 bits per heavy atom. The van der Waals surface area contributed by atoms with E-state index in [2.05, 4.69) is 38.8 Å². The van der Waals surface area contributed by atoms with E-state index in [9.17, 15) is 0 Å². The van der Waals surface area contributed by atoms with E-state index in [-0.39, 0.29) is 0 Å². The van der Waals surface area contributed by atoms with E-state index < -0.39 is 0 Å². The Labute approximate surface area is 118 Å². The third kappa shape index (κ3) is 2.51. The first-order chi connectivity index (χ1) is 9.40. The van der Waals surface area contributed by atoms with Gasteiger partial charge in [-0.2, -0.15) is 0 Å². The molecular formula is C15H19N3S. The summed E-state index contributed by atoms with van der Waals surface area (Å²) < 4.78 is 0. The number of rotatable bonds is 5. The molecular weight excluding hydrogens is 254 g/mol. The fraction of sp³-hybridized carbons (Fsp3) is 0.400. The highest BCUT2D eigenvalue weighted by Gasteiger charge is 2.27. The number of hydrogen-bond acceptors (Lipinski definition) is 4. The van der Waals surface area contributed by atoms with Crippen LogP contribution in [-0.4, -0.2) is 25.1 Å². The highest BCUT2D eigenvalue weighted by atomic mass is 32.1. The molecule has 0 saturated heterocycles. The average Bonchev–Trinajstić information content (AvgIpc) is 3.09. The molecule has 0 spiro atoms. The van der Waals surface area contributed by atoms with E-state index in [1.165, 1.54) is 16.3 Å². The summed E-state index contributed by atoms with van der Waals surface area (Å²) in [5.41, 5.74) is 2.56. The summed E-state index contributed by atoms with van der Waals surface area (Å²) >= 11 is 1.85. The molecule has 1 aliphatic heterocycles. The highest BCUT2D eigenvalue weighted by Crippen LogP contribution is 2.37. The first-order valence-corrected chi connectivity index (χ1v) is 7.66. The summed E-state index contributed by atoms with van der Waals surface area (Å²) in [5, 5.41) is 5.44. The van der Waals surface area contributed by atoms with Crippen molar-refractivity contribution in [3.63, 3.8) is 0 Å². The van der Waals surface area contributed by atoms with Crippen molar-refractivity contribution >= 4 is 17.0 Å². The van der Waals surface area contributed by atoms with E-state index >= 15 is 0 Å². The van der Waals surface area contributed by atoms with Crippen molar-refractivity contribution in [2.24, 2.45) is 0 Å². The Morgan fingerprint density at radius 2 is 2.37 bits per heavy atom. The van der Waals surface area contributed by atoms with Crippen LogP contribution in [0.5, 0.6) is 0 Å². The monoisotopic (exact) mass is 273 g/mol. The zero-order valence-electron chi connectivity index (χ0n) is 11.2. The number of hydrogen-bond donors (Lipinski definition) is 1. The largest absolute Gasteiger partial charge is 0.362 e. The van der Waals surface area contributed by atoms with E-state index in [0.29, 0.717) is 6.04 Å². The number of thiophene rings is 1. The van der Waals surface area contributed by atoms with Gasteiger partial charge in [0.05, 0.1) is 17.4 Å². The van der Waals surface area contributed by atoms with Gasteiger partial charge in [-0.15, -0.1) is 11.3 Å². The predicted octanol–water partition coefficient (Wildman–Crippen LogP) is 2.86. The van der Waals surface area contributed by atoms with Crippen molar-refractivity contribution in [2.75, 3.05) is 25.0 Å². The van der Waals surface area contributed by atoms with Crippen LogP contribution in [0.4, 0.5) is 5.69 Å². The molecule has 0 saturated carbocycles. The molecule has 1 unspecified atom stereocenters. The van der Waals surface area contributed by atoms with Crippen LogP contribution in [0, 0.1) is 0 Å². The first-order valence-electron chi connectivity index (χ1n) is 6.78. The Bertz CT molecular complexity index is 524. The summed E-state index contributed by atoms with van der Waals surface area (Å²) in [6.07, 6.45) is 4.10. The Kier molecular flexibility index (Phi) is 3.80. The number of pyridine rings is 1. The van der Waals surface area contributed by atoms with Crippen LogP contribution in [0.25, 0.3) is 0 Å². The van der Waals surface area contributed by atoms with Crippen LogP contribution < -0.4 is 10.2 Å². The molecule has 0 aromatic carbocycles. The van der Waals surface area contributed by atoms with Crippen molar-refractivity contribution in [2.45, 2.75) is 18.9 Å². The number of aromatic nitrogens is 1. The topological polar surface area (TPSA) is 28.2 Å². The number of nitrogens with zero attached hydrogens (tertiary/aromatic N) is 2. The van der Waals surface area contributed by atoms with Crippen LogP contribution >= 0.6 is 11.3 Å². The third-order valence-electron chi connectivity index (χ3n) is 3.68. The minimum atomic E-state index is 0.470. The first kappa shape index (κ1) is 12.6. The van der Waals surface area contributed by atoms with Gasteiger partial charge in [-0.25, -0.2) is 0 Å². The molecule has 1 N–H and O–H groups in total. The maximum atomic E-state index is 4.50. The van der Waals surface area contributed by atoms with Crippen molar-refractivity contribution in [1.82, 2.24) is 10.3 Å². The van der Waals surface area contributed by atoms with Gasteiger partial charge in [-0.05, 0) is 43.6 Å². The Balaban J connectivity index is 1.89. The van der Waals surface area contributed by atoms with Crippen LogP contribution in [0.2, 0.25) is 0 Å². The summed E-state index contributed by atoms with van der Waals surface area (Å²) in [5.74, 6) is 0. The lowest BCUT2D eigenvalue weighted by molar-refractivity contribution is 0.576. The molecule has 3 heterocycles. The normalized spacial score (nSPS) is 15.5. The van der Waals surface area contributed by atoms with Gasteiger partial charge in [0.2, 0.25) is 0 Å². The van der Waals surface area contributed by atoms with Gasteiger partial charge in [-0.3, -0.25) is 4.98 Å². The van der Waals surface area contributed by atoms with Gasteiger partial charge >= 0.3 is 0 Å². The molecule has 1 atom stereocenters. The zero-order chi connectivity index (χ0) is 13.1. The third-order valence-corrected chi connectivity index (χ3v) is 4.65. The number of fused-ring (bicyclic) bond motifs is 1. The van der Waals surface area contributed by atoms with Gasteiger partial charge in [0.25, 0.3) is 0 Å². The lowest BCUT2D eigenvalue weighted by Gasteiger charge is -2.29. The van der Waals surface area contributed by atoms with E-state index in [1.807, 2.05) is 30.6 Å². The molecule has 100 valence electrons. The maximum absolute atomic E-state index is 4.50. The quantitative estimate of drug-likeness (QED) is 0.908. The van der Waals surface area contributed by atoms with Gasteiger partial charge in [0.1, 0.15) is 0 Å². The molecule has 3 nitrogen and oxygen atoms in total. The van der Waals surface area contributed by atoms with Gasteiger partial charge < -0.3 is 10.2 Å². The van der Waals surface area contributed by atoms with Gasteiger partial charge in [-0.1, -0.05) is 6.07 Å². The zero-order valence-corrected chi connectivity index (χ0v) is 12.0. The predicted molar refractivity (Wildman–Crippen MR) is 80.9 cm³/mol. The minimum absolute atomic E-state index is 0.470. The molecule has 1 aliphatic rings. The molecule has 0 fully saturated rings. The molecule has 2 aromatic heterocycles. The van der Waals surface area contributed by atoms with Gasteiger partial charge in [0.15, 0.2) is 0 Å². The van der Waals surface area contributed by atoms with Crippen molar-refractivity contribution < 1.29 is 0 Å². The van der Waals surface area contributed by atoms with E-state index in [1.54, 1.807) is 0 Å². The van der Waals surface area contributed by atoms with Crippen LogP contribution in [0.3, 0.4) is 0 Å². The molecule has 0 amide bonds.